The summed E-state index contributed by atoms with van der Waals surface area (Å²) in [5, 5.41) is 49.7. The van der Waals surface area contributed by atoms with Crippen LogP contribution in [0.3, 0.4) is 0 Å². The minimum atomic E-state index is -1.12. The predicted octanol–water partition coefficient (Wildman–Crippen LogP) is 20.3. The van der Waals surface area contributed by atoms with Gasteiger partial charge in [0.1, 0.15) is 50.5 Å². The van der Waals surface area contributed by atoms with Gasteiger partial charge in [-0.25, -0.2) is 4.39 Å². The van der Waals surface area contributed by atoms with Crippen molar-refractivity contribution < 1.29 is 23.6 Å². The number of rotatable bonds is 20. The fourth-order valence-corrected chi connectivity index (χ4v) is 16.6. The lowest BCUT2D eigenvalue weighted by molar-refractivity contribution is 0.0220. The molecule has 0 amide bonds. The van der Waals surface area contributed by atoms with E-state index in [-0.39, 0.29) is 36.5 Å². The maximum atomic E-state index is 13.7. The molecule has 4 aliphatic rings. The zero-order chi connectivity index (χ0) is 77.1. The lowest BCUT2D eigenvalue weighted by Gasteiger charge is -2.38. The van der Waals surface area contributed by atoms with Gasteiger partial charge in [0.15, 0.2) is 46.4 Å². The molecule has 0 spiro atoms. The Labute approximate surface area is 655 Å². The highest BCUT2D eigenvalue weighted by atomic mass is 19.1. The van der Waals surface area contributed by atoms with Gasteiger partial charge < -0.3 is 21.3 Å². The van der Waals surface area contributed by atoms with Crippen LogP contribution in [0.25, 0.3) is 87.2 Å². The smallest absolute Gasteiger partial charge is 0.182 e. The summed E-state index contributed by atoms with van der Waals surface area (Å²) in [4.78, 5) is 86.0. The Kier molecular flexibility index (Phi) is 21.4. The number of hydrogen-bond acceptors (Lipinski definition) is 20. The van der Waals surface area contributed by atoms with Crippen molar-refractivity contribution >= 4 is 156 Å². The molecule has 0 unspecified atom stereocenters. The van der Waals surface area contributed by atoms with Crippen LogP contribution in [-0.2, 0) is 0 Å². The first kappa shape index (κ1) is 74.9. The van der Waals surface area contributed by atoms with Gasteiger partial charge in [-0.2, -0.15) is 20.4 Å². The number of aromatic nitrogens is 16. The number of nitrogens with zero attached hydrogens (tertiary/aromatic N) is 12. The highest BCUT2D eigenvalue weighted by molar-refractivity contribution is 6.10. The Morgan fingerprint density at radius 3 is 0.912 bits per heavy atom. The number of nitrogens with one attached hydrogen (secondary N) is 8. The van der Waals surface area contributed by atoms with Crippen LogP contribution in [0.1, 0.15) is 160 Å². The molecule has 4 aromatic carbocycles. The zero-order valence-electron chi connectivity index (χ0n) is 62.7. The molecule has 0 aliphatic heterocycles. The second kappa shape index (κ2) is 32.6. The molecule has 0 atom stereocenters. The van der Waals surface area contributed by atoms with Gasteiger partial charge >= 0.3 is 0 Å². The second-order valence-electron chi connectivity index (χ2n) is 31.0. The lowest BCUT2D eigenvalue weighted by atomic mass is 9.71. The summed E-state index contributed by atoms with van der Waals surface area (Å²) < 4.78 is 13.7. The third-order valence-corrected chi connectivity index (χ3v) is 22.2. The molecule has 4 aliphatic carbocycles. The SMILES string of the molecule is C.CC1(F)CC(CC(=O)c2nccc3cc(Nc4n[nH]c5cccnc45)ccc23)C1.CC1CC(CC(=O)c2nccc3cc(Nc4n[nH]c5cccnc45)ccc23)C1.CC1CC(CC(=O)c2nccc3cc(Nc4n[nH]c5cccnc45)ccc23)C1.O=C(CC1CCCC1)c1nccc2cc(Nc3n[nH]c4cccnc34)ccc12. The standard InChI is InChI=1S/C22H20FN5O.3C22H21N5O.CH4/c1-22(23)11-13(12-22)9-18(29)19-16-5-4-15(10-14(16)6-8-25-19)26-21-20-17(27-28-21)3-2-7-24-20;2*1-13-9-14(10-13)11-19(28)20-17-5-4-16(12-15(17)6-8-24-20)25-22-21-18(26-27-22)3-2-7-23-21;28-19(12-14-4-1-2-5-14)20-17-8-7-16(13-15(17)9-11-24-20)25-22-21-18(26-27-22)6-3-10-23-21;/h2-8,10,13H,9,11-12H2,1H3,(H2,26,27,28);2*2-8,12-14H,9-11H2,1H3,(H2,25,26,27);3,6-11,13-14H,1-2,4-5,12H2,(H2,25,26,27);1H4. The van der Waals surface area contributed by atoms with Crippen molar-refractivity contribution in [3.63, 3.8) is 0 Å². The number of pyridine rings is 8. The van der Waals surface area contributed by atoms with Crippen LogP contribution in [0.4, 0.5) is 50.4 Å². The molecule has 0 saturated heterocycles. The topological polar surface area (TPSA) is 334 Å². The first-order valence-electron chi connectivity index (χ1n) is 38.7. The van der Waals surface area contributed by atoms with Crippen LogP contribution in [-0.4, -0.2) is 109 Å². The van der Waals surface area contributed by atoms with Gasteiger partial charge in [0.05, 0.1) is 22.1 Å². The van der Waals surface area contributed by atoms with Crippen molar-refractivity contribution in [2.75, 3.05) is 21.3 Å². The monoisotopic (exact) mass is 1520 g/mol. The average molecular weight is 1520 g/mol. The van der Waals surface area contributed by atoms with Crippen molar-refractivity contribution in [1.82, 2.24) is 80.7 Å². The number of hydrogen-bond donors (Lipinski definition) is 8. The molecule has 4 saturated carbocycles. The lowest BCUT2D eigenvalue weighted by Crippen LogP contribution is -2.37. The van der Waals surface area contributed by atoms with Gasteiger partial charge in [-0.15, -0.1) is 0 Å². The third kappa shape index (κ3) is 16.4. The number of ketones is 4. The number of benzene rings is 4. The van der Waals surface area contributed by atoms with Crippen LogP contribution in [0.15, 0.2) is 195 Å². The van der Waals surface area contributed by atoms with E-state index in [2.05, 4.69) is 116 Å². The van der Waals surface area contributed by atoms with E-state index < -0.39 is 5.67 Å². The molecule has 20 rings (SSSR count). The number of fused-ring (bicyclic) bond motifs is 8. The number of aromatic amines is 4. The van der Waals surface area contributed by atoms with Crippen molar-refractivity contribution in [2.45, 2.75) is 124 Å². The number of anilines is 8. The van der Waals surface area contributed by atoms with Crippen molar-refractivity contribution in [2.24, 2.45) is 35.5 Å². The third-order valence-electron chi connectivity index (χ3n) is 22.2. The highest BCUT2D eigenvalue weighted by Crippen LogP contribution is 2.44. The van der Waals surface area contributed by atoms with E-state index >= 15 is 0 Å². The molecular weight excluding hydrogens is 1430 g/mol. The van der Waals surface area contributed by atoms with Crippen molar-refractivity contribution in [3.8, 4) is 0 Å². The number of carbonyl (C=O) groups is 4. The summed E-state index contributed by atoms with van der Waals surface area (Å²) in [6, 6.07) is 46.4. The first-order chi connectivity index (χ1) is 55.1. The summed E-state index contributed by atoms with van der Waals surface area (Å²) in [5.41, 5.74) is 11.2. The van der Waals surface area contributed by atoms with Crippen LogP contribution in [0, 0.1) is 35.5 Å². The summed E-state index contributed by atoms with van der Waals surface area (Å²) in [6.07, 6.45) is 26.2. The summed E-state index contributed by atoms with van der Waals surface area (Å²) in [6.45, 7) is 6.07. The molecule has 574 valence electrons. The molecule has 24 nitrogen and oxygen atoms in total. The zero-order valence-corrected chi connectivity index (χ0v) is 62.7. The molecule has 12 heterocycles. The minimum absolute atomic E-state index is 0. The Morgan fingerprint density at radius 1 is 0.368 bits per heavy atom. The Bertz CT molecular complexity index is 6060. The van der Waals surface area contributed by atoms with Crippen LogP contribution < -0.4 is 21.3 Å². The van der Waals surface area contributed by atoms with Gasteiger partial charge in [-0.3, -0.25) is 79.4 Å². The van der Waals surface area contributed by atoms with Crippen molar-refractivity contribution in [3.05, 3.63) is 218 Å². The summed E-state index contributed by atoms with van der Waals surface area (Å²) >= 11 is 0. The van der Waals surface area contributed by atoms with Crippen LogP contribution in [0.5, 0.6) is 0 Å². The van der Waals surface area contributed by atoms with Crippen LogP contribution >= 0.6 is 0 Å². The van der Waals surface area contributed by atoms with E-state index in [9.17, 15) is 23.6 Å². The normalized spacial score (nSPS) is 18.3. The maximum absolute atomic E-state index is 13.7. The summed E-state index contributed by atoms with van der Waals surface area (Å²) in [7, 11) is 0. The first-order valence-corrected chi connectivity index (χ1v) is 38.7. The maximum Gasteiger partial charge on any atom is 0.182 e. The van der Waals surface area contributed by atoms with E-state index in [0.29, 0.717) is 102 Å². The second-order valence-corrected chi connectivity index (χ2v) is 31.0. The van der Waals surface area contributed by atoms with E-state index in [1.807, 2.05) is 146 Å². The fraction of sp³-hybridized carbons (Fsp3) is 0.281. The molecule has 25 heteroatoms. The van der Waals surface area contributed by atoms with Gasteiger partial charge in [0.2, 0.25) is 0 Å². The molecule has 4 fully saturated rings. The Balaban J connectivity index is 0.000000114. The van der Waals surface area contributed by atoms with Crippen LogP contribution in [0.2, 0.25) is 0 Å². The molecular formula is C89H87FN20O4. The molecule has 12 aromatic heterocycles. The highest BCUT2D eigenvalue weighted by Gasteiger charge is 2.41. The average Bonchev–Trinajstić information content (AvgIpc) is 0.816. The minimum Gasteiger partial charge on any atom is -0.337 e. The Morgan fingerprint density at radius 2 is 0.640 bits per heavy atom. The molecule has 0 radical (unpaired) electrons. The van der Waals surface area contributed by atoms with Crippen molar-refractivity contribution in [1.29, 1.82) is 0 Å². The largest absolute Gasteiger partial charge is 0.337 e. The predicted molar refractivity (Wildman–Crippen MR) is 446 cm³/mol. The number of H-pyrrole nitrogens is 4. The molecule has 16 aromatic rings. The quantitative estimate of drug-likeness (QED) is 0.0329. The molecule has 8 N–H and O–H groups in total. The van der Waals surface area contributed by atoms with Gasteiger partial charge in [0.25, 0.3) is 0 Å². The van der Waals surface area contributed by atoms with Gasteiger partial charge in [-0.05, 0) is 224 Å². The van der Waals surface area contributed by atoms with Gasteiger partial charge in [-0.1, -0.05) is 71.2 Å². The fourth-order valence-electron chi connectivity index (χ4n) is 16.6. The summed E-state index contributed by atoms with van der Waals surface area (Å²) in [5.74, 6) is 6.25. The van der Waals surface area contributed by atoms with E-state index in [1.54, 1.807) is 56.5 Å². The molecule has 0 bridgehead atoms. The Hall–Kier alpha value is -13.2. The van der Waals surface area contributed by atoms with E-state index in [0.717, 1.165) is 160 Å². The number of halogens is 1. The number of Topliss-reactive ketones (excluding diaryl/α,β-unsaturated/α-hetero) is 4. The number of alkyl halides is 1. The van der Waals surface area contributed by atoms with E-state index in [4.69, 9.17) is 0 Å². The molecule has 114 heavy (non-hydrogen) atoms. The van der Waals surface area contributed by atoms with E-state index in [1.165, 1.54) is 12.8 Å². The number of carbonyl (C=O) groups excluding carboxylic acids is 4. The van der Waals surface area contributed by atoms with Gasteiger partial charge in [0, 0.05) is 120 Å².